The maximum atomic E-state index is 11.9. The van der Waals surface area contributed by atoms with Crippen LogP contribution in [0, 0.1) is 36.3 Å². The van der Waals surface area contributed by atoms with Gasteiger partial charge in [-0.3, -0.25) is 14.9 Å². The van der Waals surface area contributed by atoms with Crippen molar-refractivity contribution in [2.45, 2.75) is 70.4 Å². The van der Waals surface area contributed by atoms with Gasteiger partial charge in [-0.15, -0.1) is 21.8 Å². The summed E-state index contributed by atoms with van der Waals surface area (Å²) < 4.78 is 23.3. The molecule has 1 heterocycles. The molecule has 4 rings (SSSR count). The fourth-order valence-corrected chi connectivity index (χ4v) is 5.69. The van der Waals surface area contributed by atoms with E-state index < -0.39 is 35.3 Å². The molecule has 1 aliphatic heterocycles. The summed E-state index contributed by atoms with van der Waals surface area (Å²) in [4.78, 5) is 24.4. The van der Waals surface area contributed by atoms with E-state index in [0.29, 0.717) is 59.9 Å². The van der Waals surface area contributed by atoms with Crippen LogP contribution in [0.3, 0.4) is 0 Å². The highest BCUT2D eigenvalue weighted by Gasteiger charge is 2.57. The number of ether oxygens (including phenoxy) is 4. The largest absolute Gasteiger partial charge is 0.494 e. The number of anilines is 1. The van der Waals surface area contributed by atoms with Gasteiger partial charge in [-0.2, -0.15) is 5.11 Å². The Morgan fingerprint density at radius 2 is 1.75 bits per heavy atom. The van der Waals surface area contributed by atoms with Gasteiger partial charge in [0, 0.05) is 37.8 Å². The standard InChI is InChI=1S/C38H47N7O10/c1-7-10-34(46)39-17-9-19-54-38(37(49)36(48)35(47)33(55-38)23-53-18-8-2)44(5)27-14-12-26(13-15-27)40-43-30-21-25(4)29(22-32(30)52-6)42-41-28-16-11-24(3)20-31(28)45(50)51/h2,11-16,20-22,33,35-37,47-49H,7,9-10,17-19,23H2,1,3-6H3,(H,39,46)/t33-,35-,36+,37-,38-/m1/s1. The zero-order valence-corrected chi connectivity index (χ0v) is 31.4. The van der Waals surface area contributed by atoms with Crippen LogP contribution in [0.4, 0.5) is 34.1 Å². The number of nitrogens with one attached hydrogen (secondary N) is 1. The van der Waals surface area contributed by atoms with Gasteiger partial charge in [0.05, 0.1) is 36.6 Å². The fourth-order valence-electron chi connectivity index (χ4n) is 5.69. The molecule has 0 radical (unpaired) electrons. The number of nitrogens with zero attached hydrogens (tertiary/aromatic N) is 6. The van der Waals surface area contributed by atoms with E-state index in [9.17, 15) is 30.2 Å². The predicted molar refractivity (Wildman–Crippen MR) is 203 cm³/mol. The molecule has 0 unspecified atom stereocenters. The van der Waals surface area contributed by atoms with Gasteiger partial charge in [-0.1, -0.05) is 18.9 Å². The Bertz CT molecular complexity index is 1880. The summed E-state index contributed by atoms with van der Waals surface area (Å²) in [5, 5.41) is 64.4. The second-order valence-electron chi connectivity index (χ2n) is 12.8. The van der Waals surface area contributed by atoms with Crippen molar-refractivity contribution in [1.82, 2.24) is 5.32 Å². The quantitative estimate of drug-likeness (QED) is 0.0312. The van der Waals surface area contributed by atoms with Crippen molar-refractivity contribution in [1.29, 1.82) is 0 Å². The zero-order valence-electron chi connectivity index (χ0n) is 31.4. The molecule has 294 valence electrons. The topological polar surface area (TPSA) is 223 Å². The molecule has 0 bridgehead atoms. The number of terminal acetylenes is 1. The number of aliphatic hydroxyl groups excluding tert-OH is 3. The van der Waals surface area contributed by atoms with Gasteiger partial charge in [-0.05, 0) is 74.2 Å². The number of amides is 1. The number of likely N-dealkylation sites (N-methyl/N-ethyl adjacent to an activating group) is 1. The van der Waals surface area contributed by atoms with E-state index in [1.54, 1.807) is 63.4 Å². The van der Waals surface area contributed by atoms with Crippen molar-refractivity contribution in [2.24, 2.45) is 20.5 Å². The minimum atomic E-state index is -1.99. The molecule has 0 aromatic heterocycles. The number of carbonyl (C=O) groups is 1. The summed E-state index contributed by atoms with van der Waals surface area (Å²) in [7, 11) is 3.06. The van der Waals surface area contributed by atoms with E-state index in [0.717, 1.165) is 5.56 Å². The third-order valence-electron chi connectivity index (χ3n) is 8.71. The molecule has 0 saturated carbocycles. The van der Waals surface area contributed by atoms with Gasteiger partial charge in [0.15, 0.2) is 11.8 Å². The third-order valence-corrected chi connectivity index (χ3v) is 8.71. The van der Waals surface area contributed by atoms with E-state index in [4.69, 9.17) is 25.4 Å². The van der Waals surface area contributed by atoms with Crippen LogP contribution in [0.25, 0.3) is 0 Å². The second-order valence-corrected chi connectivity index (χ2v) is 12.8. The number of hydrogen-bond donors (Lipinski definition) is 4. The van der Waals surface area contributed by atoms with Crippen molar-refractivity contribution in [2.75, 3.05) is 45.4 Å². The third kappa shape index (κ3) is 10.7. The first-order valence-corrected chi connectivity index (χ1v) is 17.6. The van der Waals surface area contributed by atoms with Crippen molar-refractivity contribution in [3.8, 4) is 18.1 Å². The molecule has 17 nitrogen and oxygen atoms in total. The maximum Gasteiger partial charge on any atom is 0.296 e. The van der Waals surface area contributed by atoms with Gasteiger partial charge >= 0.3 is 0 Å². The van der Waals surface area contributed by atoms with Crippen molar-refractivity contribution in [3.05, 3.63) is 75.8 Å². The lowest BCUT2D eigenvalue weighted by Crippen LogP contribution is -2.72. The van der Waals surface area contributed by atoms with Gasteiger partial charge in [0.25, 0.3) is 11.6 Å². The molecule has 3 aromatic carbocycles. The van der Waals surface area contributed by atoms with Crippen LogP contribution in [0.15, 0.2) is 75.1 Å². The molecule has 4 N–H and O–H groups in total. The number of rotatable bonds is 18. The number of carbonyl (C=O) groups excluding carboxylic acids is 1. The molecule has 5 atom stereocenters. The summed E-state index contributed by atoms with van der Waals surface area (Å²) in [6, 6.07) is 14.7. The highest BCUT2D eigenvalue weighted by Crippen LogP contribution is 2.39. The lowest BCUT2D eigenvalue weighted by atomic mass is 9.95. The van der Waals surface area contributed by atoms with Gasteiger partial charge < -0.3 is 44.5 Å². The van der Waals surface area contributed by atoms with Crippen molar-refractivity contribution in [3.63, 3.8) is 0 Å². The predicted octanol–water partition coefficient (Wildman–Crippen LogP) is 5.60. The Morgan fingerprint density at radius 3 is 2.42 bits per heavy atom. The normalized spacial score (nSPS) is 21.1. The molecule has 0 aliphatic carbocycles. The van der Waals surface area contributed by atoms with Gasteiger partial charge in [0.1, 0.15) is 36.4 Å². The number of hydrogen-bond acceptors (Lipinski definition) is 15. The van der Waals surface area contributed by atoms with Crippen molar-refractivity contribution >= 4 is 40.0 Å². The second kappa shape index (κ2) is 19.8. The SMILES string of the molecule is C#CCOC[C@H]1O[C@@](OCCCNC(=O)CCC)(N(C)c2ccc(N=Nc3cc(C)c(N=Nc4ccc(C)cc4[N+](=O)[O-])cc3OC)cc2)[C@H](O)[C@@H](O)[C@@H]1O. The minimum Gasteiger partial charge on any atom is -0.494 e. The first kappa shape index (κ1) is 42.4. The van der Waals surface area contributed by atoms with Crippen LogP contribution in [0.2, 0.25) is 0 Å². The molecule has 1 amide bonds. The molecule has 1 fully saturated rings. The van der Waals surface area contributed by atoms with E-state index in [-0.39, 0.29) is 37.1 Å². The number of methoxy groups -OCH3 is 1. The number of nitro groups is 1. The highest BCUT2D eigenvalue weighted by atomic mass is 16.7. The summed E-state index contributed by atoms with van der Waals surface area (Å²) in [5.41, 5.74) is 3.10. The lowest BCUT2D eigenvalue weighted by Gasteiger charge is -2.52. The maximum absolute atomic E-state index is 11.9. The number of aliphatic hydroxyl groups is 3. The van der Waals surface area contributed by atoms with Crippen LogP contribution < -0.4 is 15.0 Å². The summed E-state index contributed by atoms with van der Waals surface area (Å²) in [5.74, 6) is 0.590. The number of nitro benzene ring substituents is 1. The lowest BCUT2D eigenvalue weighted by molar-refractivity contribution is -0.384. The summed E-state index contributed by atoms with van der Waals surface area (Å²) in [6.07, 6.45) is 0.708. The molecule has 1 aliphatic rings. The Balaban J connectivity index is 1.55. The number of azo groups is 2. The molecule has 3 aromatic rings. The summed E-state index contributed by atoms with van der Waals surface area (Å²) in [6.45, 7) is 5.50. The highest BCUT2D eigenvalue weighted by molar-refractivity contribution is 5.75. The Labute approximate surface area is 319 Å². The van der Waals surface area contributed by atoms with E-state index in [2.05, 4.69) is 31.7 Å². The number of aryl methyl sites for hydroxylation is 2. The van der Waals surface area contributed by atoms with Crippen LogP contribution in [-0.2, 0) is 19.0 Å². The molecular weight excluding hydrogens is 714 g/mol. The van der Waals surface area contributed by atoms with Crippen LogP contribution in [0.1, 0.15) is 37.3 Å². The Kier molecular flexibility index (Phi) is 15.3. The first-order valence-electron chi connectivity index (χ1n) is 17.6. The first-order chi connectivity index (χ1) is 26.3. The minimum absolute atomic E-state index is 0.00807. The van der Waals surface area contributed by atoms with Gasteiger partial charge in [-0.25, -0.2) is 0 Å². The molecular formula is C38H47N7O10. The zero-order chi connectivity index (χ0) is 40.1. The van der Waals surface area contributed by atoms with Crippen LogP contribution in [0.5, 0.6) is 5.75 Å². The van der Waals surface area contributed by atoms with Crippen LogP contribution in [-0.4, -0.2) is 97.0 Å². The van der Waals surface area contributed by atoms with E-state index >= 15 is 0 Å². The smallest absolute Gasteiger partial charge is 0.296 e. The fraction of sp³-hybridized carbons (Fsp3) is 0.447. The molecule has 17 heteroatoms. The molecule has 0 spiro atoms. The number of benzene rings is 3. The van der Waals surface area contributed by atoms with Crippen molar-refractivity contribution < 1.29 is 44.0 Å². The van der Waals surface area contributed by atoms with E-state index in [1.807, 2.05) is 6.92 Å². The Hall–Kier alpha value is -5.35. The Morgan fingerprint density at radius 1 is 1.04 bits per heavy atom. The summed E-state index contributed by atoms with van der Waals surface area (Å²) >= 11 is 0. The van der Waals surface area contributed by atoms with Crippen LogP contribution >= 0.6 is 0 Å². The average molecular weight is 762 g/mol. The van der Waals surface area contributed by atoms with E-state index in [1.165, 1.54) is 24.1 Å². The molecule has 55 heavy (non-hydrogen) atoms. The molecule has 1 saturated heterocycles. The monoisotopic (exact) mass is 761 g/mol. The van der Waals surface area contributed by atoms with Gasteiger partial charge in [0.2, 0.25) is 5.91 Å². The average Bonchev–Trinajstić information content (AvgIpc) is 3.17.